The first-order valence-electron chi connectivity index (χ1n) is 5.53. The molecule has 2 aliphatic carbocycles. The van der Waals surface area contributed by atoms with E-state index in [1.807, 2.05) is 0 Å². The van der Waals surface area contributed by atoms with Crippen LogP contribution in [0, 0.1) is 11.8 Å². The molecule has 2 rings (SSSR count). The maximum absolute atomic E-state index is 9.94. The molecule has 0 amide bonds. The lowest BCUT2D eigenvalue weighted by Gasteiger charge is -2.30. The molecule has 0 unspecified atom stereocenters. The van der Waals surface area contributed by atoms with Gasteiger partial charge in [0.15, 0.2) is 0 Å². The van der Waals surface area contributed by atoms with Crippen molar-refractivity contribution in [1.29, 1.82) is 0 Å². The topological polar surface area (TPSA) is 23.5 Å². The Kier molecular flexibility index (Phi) is 2.61. The predicted molar refractivity (Wildman–Crippen MR) is 53.5 cm³/mol. The summed E-state index contributed by atoms with van der Waals surface area (Å²) in [5.41, 5.74) is 0. The van der Waals surface area contributed by atoms with E-state index < -0.39 is 0 Å². The molecule has 13 heavy (non-hydrogen) atoms. The Bertz CT molecular complexity index is 181. The van der Waals surface area contributed by atoms with Crippen LogP contribution in [0.3, 0.4) is 0 Å². The van der Waals surface area contributed by atoms with E-state index >= 15 is 0 Å². The fraction of sp³-hybridized carbons (Fsp3) is 1.00. The van der Waals surface area contributed by atoms with Gasteiger partial charge in [-0.1, -0.05) is 0 Å². The fourth-order valence-electron chi connectivity index (χ4n) is 2.77. The zero-order valence-corrected chi connectivity index (χ0v) is 8.74. The molecule has 0 radical (unpaired) electrons. The third-order valence-corrected chi connectivity index (χ3v) is 3.84. The number of rotatable bonds is 1. The number of fused-ring (bicyclic) bond motifs is 1. The summed E-state index contributed by atoms with van der Waals surface area (Å²) in [5.74, 6) is 1.98. The molecule has 1 N–H and O–H groups in total. The van der Waals surface area contributed by atoms with Gasteiger partial charge >= 0.3 is 0 Å². The van der Waals surface area contributed by atoms with Gasteiger partial charge in [0, 0.05) is 6.04 Å². The minimum absolute atomic E-state index is 0.0865. The molecule has 2 fully saturated rings. The van der Waals surface area contributed by atoms with E-state index in [1.165, 1.54) is 25.7 Å². The average Bonchev–Trinajstić information content (AvgIpc) is 2.76. The summed E-state index contributed by atoms with van der Waals surface area (Å²) in [4.78, 5) is 2.19. The Morgan fingerprint density at radius 2 is 1.62 bits per heavy atom. The highest BCUT2D eigenvalue weighted by atomic mass is 16.3. The number of aliphatic hydroxyl groups is 1. The van der Waals surface area contributed by atoms with Crippen molar-refractivity contribution in [3.63, 3.8) is 0 Å². The zero-order chi connectivity index (χ0) is 9.42. The summed E-state index contributed by atoms with van der Waals surface area (Å²) in [6, 6.07) is 0.404. The zero-order valence-electron chi connectivity index (χ0n) is 8.74. The van der Waals surface area contributed by atoms with Crippen molar-refractivity contribution in [2.24, 2.45) is 11.8 Å². The SMILES string of the molecule is CN(C)[C@@H]1CC[C@@H]2C[C@H]2CC[C@@H]1O. The van der Waals surface area contributed by atoms with Crippen LogP contribution in [0.2, 0.25) is 0 Å². The standard InChI is InChI=1S/C11H21NO/c1-12(2)10-5-3-8-7-9(8)4-6-11(10)13/h8-11,13H,3-7H2,1-2H3/t8-,9-,10-,11+/m1/s1. The second-order valence-electron chi connectivity index (χ2n) is 5.01. The minimum atomic E-state index is -0.0865. The summed E-state index contributed by atoms with van der Waals surface area (Å²) in [7, 11) is 4.17. The molecule has 2 saturated carbocycles. The lowest BCUT2D eigenvalue weighted by atomic mass is 9.94. The maximum Gasteiger partial charge on any atom is 0.0695 e. The van der Waals surface area contributed by atoms with E-state index in [0.29, 0.717) is 6.04 Å². The Morgan fingerprint density at radius 3 is 2.23 bits per heavy atom. The van der Waals surface area contributed by atoms with Crippen molar-refractivity contribution in [3.8, 4) is 0 Å². The molecule has 2 heteroatoms. The number of aliphatic hydroxyl groups excluding tert-OH is 1. The van der Waals surface area contributed by atoms with Gasteiger partial charge in [0.25, 0.3) is 0 Å². The first-order chi connectivity index (χ1) is 6.18. The van der Waals surface area contributed by atoms with Crippen LogP contribution in [0.1, 0.15) is 32.1 Å². The molecule has 0 bridgehead atoms. The van der Waals surface area contributed by atoms with E-state index in [1.54, 1.807) is 0 Å². The van der Waals surface area contributed by atoms with Crippen molar-refractivity contribution in [2.45, 2.75) is 44.2 Å². The Labute approximate surface area is 80.9 Å². The second kappa shape index (κ2) is 3.58. The summed E-state index contributed by atoms with van der Waals surface area (Å²) in [6.07, 6.45) is 6.16. The van der Waals surface area contributed by atoms with E-state index in [0.717, 1.165) is 18.3 Å². The number of nitrogens with zero attached hydrogens (tertiary/aromatic N) is 1. The van der Waals surface area contributed by atoms with Crippen molar-refractivity contribution >= 4 is 0 Å². The minimum Gasteiger partial charge on any atom is -0.391 e. The molecule has 0 aromatic rings. The molecule has 2 aliphatic rings. The van der Waals surface area contributed by atoms with E-state index in [4.69, 9.17) is 0 Å². The lowest BCUT2D eigenvalue weighted by molar-refractivity contribution is 0.0548. The first kappa shape index (κ1) is 9.47. The molecular weight excluding hydrogens is 162 g/mol. The Hall–Kier alpha value is -0.0800. The van der Waals surface area contributed by atoms with Gasteiger partial charge in [0.1, 0.15) is 0 Å². The van der Waals surface area contributed by atoms with Gasteiger partial charge in [0.2, 0.25) is 0 Å². The van der Waals surface area contributed by atoms with Crippen molar-refractivity contribution < 1.29 is 5.11 Å². The molecule has 0 spiro atoms. The van der Waals surface area contributed by atoms with E-state index in [2.05, 4.69) is 19.0 Å². The molecular formula is C11H21NO. The van der Waals surface area contributed by atoms with Crippen LogP contribution in [-0.2, 0) is 0 Å². The van der Waals surface area contributed by atoms with Gasteiger partial charge < -0.3 is 10.0 Å². The van der Waals surface area contributed by atoms with Crippen LogP contribution in [0.15, 0.2) is 0 Å². The van der Waals surface area contributed by atoms with Gasteiger partial charge in [0.05, 0.1) is 6.10 Å². The van der Waals surface area contributed by atoms with Crippen LogP contribution in [0.25, 0.3) is 0 Å². The predicted octanol–water partition coefficient (Wildman–Crippen LogP) is 1.49. The van der Waals surface area contributed by atoms with Crippen LogP contribution in [-0.4, -0.2) is 36.2 Å². The van der Waals surface area contributed by atoms with Gasteiger partial charge in [-0.15, -0.1) is 0 Å². The third-order valence-electron chi connectivity index (χ3n) is 3.84. The highest BCUT2D eigenvalue weighted by Gasteiger charge is 2.39. The second-order valence-corrected chi connectivity index (χ2v) is 5.01. The summed E-state index contributed by atoms with van der Waals surface area (Å²) in [5, 5.41) is 9.94. The highest BCUT2D eigenvalue weighted by molar-refractivity contribution is 4.91. The molecule has 2 nitrogen and oxygen atoms in total. The summed E-state index contributed by atoms with van der Waals surface area (Å²) < 4.78 is 0. The maximum atomic E-state index is 9.94. The van der Waals surface area contributed by atoms with Crippen LogP contribution in [0.4, 0.5) is 0 Å². The average molecular weight is 183 g/mol. The third kappa shape index (κ3) is 2.05. The van der Waals surface area contributed by atoms with Crippen LogP contribution < -0.4 is 0 Å². The van der Waals surface area contributed by atoms with E-state index in [-0.39, 0.29) is 6.10 Å². The summed E-state index contributed by atoms with van der Waals surface area (Å²) >= 11 is 0. The smallest absolute Gasteiger partial charge is 0.0695 e. The Morgan fingerprint density at radius 1 is 1.00 bits per heavy atom. The molecule has 0 aromatic carbocycles. The first-order valence-corrected chi connectivity index (χ1v) is 5.53. The van der Waals surface area contributed by atoms with Gasteiger partial charge in [-0.2, -0.15) is 0 Å². The van der Waals surface area contributed by atoms with Crippen LogP contribution >= 0.6 is 0 Å². The van der Waals surface area contributed by atoms with Gasteiger partial charge in [-0.25, -0.2) is 0 Å². The van der Waals surface area contributed by atoms with Gasteiger partial charge in [-0.05, 0) is 58.0 Å². The Balaban J connectivity index is 1.93. The van der Waals surface area contributed by atoms with Crippen molar-refractivity contribution in [1.82, 2.24) is 4.90 Å². The largest absolute Gasteiger partial charge is 0.391 e. The quantitative estimate of drug-likeness (QED) is 0.665. The number of hydrogen-bond donors (Lipinski definition) is 1. The molecule has 0 aliphatic heterocycles. The van der Waals surface area contributed by atoms with Crippen LogP contribution in [0.5, 0.6) is 0 Å². The normalized spacial score (nSPS) is 45.2. The summed E-state index contributed by atoms with van der Waals surface area (Å²) in [6.45, 7) is 0. The highest BCUT2D eigenvalue weighted by Crippen LogP contribution is 2.47. The monoisotopic (exact) mass is 183 g/mol. The number of hydrogen-bond acceptors (Lipinski definition) is 2. The van der Waals surface area contributed by atoms with Gasteiger partial charge in [-0.3, -0.25) is 0 Å². The van der Waals surface area contributed by atoms with E-state index in [9.17, 15) is 5.11 Å². The molecule has 0 saturated heterocycles. The van der Waals surface area contributed by atoms with Crippen molar-refractivity contribution in [2.75, 3.05) is 14.1 Å². The molecule has 0 heterocycles. The van der Waals surface area contributed by atoms with Crippen molar-refractivity contribution in [3.05, 3.63) is 0 Å². The molecule has 4 atom stereocenters. The molecule has 76 valence electrons. The fourth-order valence-corrected chi connectivity index (χ4v) is 2.77. The lowest BCUT2D eigenvalue weighted by Crippen LogP contribution is -2.39. The number of likely N-dealkylation sites (N-methyl/N-ethyl adjacent to an activating group) is 1. The molecule has 0 aromatic heterocycles.